The lowest BCUT2D eigenvalue weighted by Gasteiger charge is -2.23. The van der Waals surface area contributed by atoms with Crippen LogP contribution in [-0.4, -0.2) is 20.9 Å². The van der Waals surface area contributed by atoms with Gasteiger partial charge in [-0.25, -0.2) is 4.79 Å². The number of allylic oxidation sites excluding steroid dienone is 1. The molecule has 0 aromatic heterocycles. The molecule has 1 aromatic carbocycles. The fraction of sp³-hybridized carbons (Fsp3) is 0.500. The van der Waals surface area contributed by atoms with Crippen molar-refractivity contribution < 1.29 is 19.7 Å². The molecule has 0 saturated carbocycles. The van der Waals surface area contributed by atoms with Crippen LogP contribution in [-0.2, 0) is 4.79 Å². The normalized spacial score (nSPS) is 13.5. The monoisotopic (exact) mass is 364 g/mol. The average molecular weight is 364 g/mol. The van der Waals surface area contributed by atoms with Gasteiger partial charge in [-0.1, -0.05) is 45.6 Å². The summed E-state index contributed by atoms with van der Waals surface area (Å²) in [5.41, 5.74) is -0.732. The Morgan fingerprint density at radius 1 is 1.15 bits per heavy atom. The Morgan fingerprint density at radius 2 is 1.73 bits per heavy atom. The second-order valence-corrected chi connectivity index (χ2v) is 6.11. The van der Waals surface area contributed by atoms with Crippen molar-refractivity contribution in [3.8, 4) is 0 Å². The number of nitro groups is 2. The van der Waals surface area contributed by atoms with Crippen LogP contribution in [0.15, 0.2) is 30.4 Å². The topological polar surface area (TPSA) is 124 Å². The van der Waals surface area contributed by atoms with Crippen LogP contribution in [0.25, 0.3) is 0 Å². The predicted octanol–water partition coefficient (Wildman–Crippen LogP) is 4.83. The molecule has 0 amide bonds. The molecule has 26 heavy (non-hydrogen) atoms. The number of hydrogen-bond donors (Lipinski definition) is 1. The van der Waals surface area contributed by atoms with Gasteiger partial charge in [-0.15, -0.1) is 0 Å². The summed E-state index contributed by atoms with van der Waals surface area (Å²) in [6.45, 7) is 3.95. The van der Waals surface area contributed by atoms with Gasteiger partial charge in [-0.3, -0.25) is 20.2 Å². The van der Waals surface area contributed by atoms with E-state index in [1.807, 2.05) is 6.92 Å². The van der Waals surface area contributed by atoms with Crippen LogP contribution < -0.4 is 0 Å². The molecule has 0 heterocycles. The molecular formula is C18H24N2O6. The van der Waals surface area contributed by atoms with Gasteiger partial charge in [0.2, 0.25) is 0 Å². The molecular weight excluding hydrogens is 340 g/mol. The highest BCUT2D eigenvalue weighted by Crippen LogP contribution is 2.42. The number of hydrogen-bond acceptors (Lipinski definition) is 5. The summed E-state index contributed by atoms with van der Waals surface area (Å²) < 4.78 is 0. The molecule has 0 spiro atoms. The second kappa shape index (κ2) is 10.3. The smallest absolute Gasteiger partial charge is 0.327 e. The molecule has 2 unspecified atom stereocenters. The Hall–Kier alpha value is -2.77. The quantitative estimate of drug-likeness (QED) is 0.259. The lowest BCUT2D eigenvalue weighted by Crippen LogP contribution is -2.15. The highest BCUT2D eigenvalue weighted by Gasteiger charge is 2.33. The minimum absolute atomic E-state index is 0.0247. The molecule has 1 aromatic rings. The molecule has 2 atom stereocenters. The van der Waals surface area contributed by atoms with Crippen LogP contribution in [0.1, 0.15) is 57.4 Å². The minimum Gasteiger partial charge on any atom is -0.478 e. The molecule has 0 aliphatic rings. The van der Waals surface area contributed by atoms with Gasteiger partial charge in [0.05, 0.1) is 9.85 Å². The third-order valence-corrected chi connectivity index (χ3v) is 4.44. The maximum absolute atomic E-state index is 11.5. The third kappa shape index (κ3) is 5.65. The number of rotatable bonds is 11. The maximum Gasteiger partial charge on any atom is 0.327 e. The zero-order valence-corrected chi connectivity index (χ0v) is 15.0. The summed E-state index contributed by atoms with van der Waals surface area (Å²) in [5.74, 6) is -2.04. The molecule has 8 nitrogen and oxygen atoms in total. The molecule has 1 rings (SSSR count). The van der Waals surface area contributed by atoms with E-state index < -0.39 is 21.7 Å². The van der Waals surface area contributed by atoms with Crippen LogP contribution in [0.4, 0.5) is 11.4 Å². The zero-order valence-electron chi connectivity index (χ0n) is 15.0. The van der Waals surface area contributed by atoms with Crippen molar-refractivity contribution in [1.29, 1.82) is 0 Å². The van der Waals surface area contributed by atoms with Crippen molar-refractivity contribution in [2.75, 3.05) is 0 Å². The van der Waals surface area contributed by atoms with Crippen LogP contribution in [0.5, 0.6) is 0 Å². The van der Waals surface area contributed by atoms with E-state index in [0.717, 1.165) is 25.3 Å². The van der Waals surface area contributed by atoms with Gasteiger partial charge in [-0.2, -0.15) is 0 Å². The van der Waals surface area contributed by atoms with Gasteiger partial charge < -0.3 is 5.11 Å². The molecule has 0 aliphatic carbocycles. The SMILES string of the molecule is CCCCCC(CC)C(C=CC(=O)O)c1c([N+](=O)[O-])cccc1[N+](=O)[O-]. The lowest BCUT2D eigenvalue weighted by molar-refractivity contribution is -0.395. The number of carbonyl (C=O) groups is 1. The number of nitro benzene ring substituents is 2. The third-order valence-electron chi connectivity index (χ3n) is 4.44. The van der Waals surface area contributed by atoms with Gasteiger partial charge in [0.1, 0.15) is 5.56 Å². The Morgan fingerprint density at radius 3 is 2.15 bits per heavy atom. The highest BCUT2D eigenvalue weighted by atomic mass is 16.6. The summed E-state index contributed by atoms with van der Waals surface area (Å²) in [6, 6.07) is 3.72. The largest absolute Gasteiger partial charge is 0.478 e. The van der Waals surface area contributed by atoms with Crippen LogP contribution >= 0.6 is 0 Å². The summed E-state index contributed by atoms with van der Waals surface area (Å²) in [5, 5.41) is 31.9. The number of nitrogens with zero attached hydrogens (tertiary/aromatic N) is 2. The summed E-state index contributed by atoms with van der Waals surface area (Å²) in [6.07, 6.45) is 6.44. The van der Waals surface area contributed by atoms with Crippen molar-refractivity contribution in [3.05, 3.63) is 56.1 Å². The lowest BCUT2D eigenvalue weighted by atomic mass is 9.79. The Kier molecular flexibility index (Phi) is 8.41. The molecule has 0 saturated heterocycles. The Labute approximate surface area is 151 Å². The van der Waals surface area contributed by atoms with Crippen LogP contribution in [0.2, 0.25) is 0 Å². The number of unbranched alkanes of at least 4 members (excludes halogenated alkanes) is 2. The van der Waals surface area contributed by atoms with E-state index in [2.05, 4.69) is 6.92 Å². The van der Waals surface area contributed by atoms with Crippen molar-refractivity contribution in [1.82, 2.24) is 0 Å². The molecule has 0 bridgehead atoms. The van der Waals surface area contributed by atoms with E-state index in [-0.39, 0.29) is 22.9 Å². The van der Waals surface area contributed by atoms with E-state index in [1.54, 1.807) is 0 Å². The van der Waals surface area contributed by atoms with Gasteiger partial charge in [0.15, 0.2) is 0 Å². The Bertz CT molecular complexity index is 654. The maximum atomic E-state index is 11.5. The molecule has 0 aliphatic heterocycles. The molecule has 1 N–H and O–H groups in total. The first kappa shape index (κ1) is 21.3. The van der Waals surface area contributed by atoms with Gasteiger partial charge in [0, 0.05) is 24.1 Å². The van der Waals surface area contributed by atoms with E-state index >= 15 is 0 Å². The van der Waals surface area contributed by atoms with Crippen molar-refractivity contribution >= 4 is 17.3 Å². The number of aliphatic carboxylic acids is 1. The highest BCUT2D eigenvalue weighted by molar-refractivity contribution is 5.80. The summed E-state index contributed by atoms with van der Waals surface area (Å²) in [7, 11) is 0. The average Bonchev–Trinajstić information content (AvgIpc) is 2.59. The minimum atomic E-state index is -1.19. The first-order valence-electron chi connectivity index (χ1n) is 8.66. The first-order chi connectivity index (χ1) is 12.3. The predicted molar refractivity (Wildman–Crippen MR) is 97.2 cm³/mol. The summed E-state index contributed by atoms with van der Waals surface area (Å²) >= 11 is 0. The van der Waals surface area contributed by atoms with Crippen molar-refractivity contribution in [2.24, 2.45) is 5.92 Å². The fourth-order valence-electron chi connectivity index (χ4n) is 3.17. The standard InChI is InChI=1S/C18H24N2O6/c1-3-5-6-8-13(4-2)14(11-12-17(21)22)18-15(19(23)24)9-7-10-16(18)20(25)26/h7,9-14H,3-6,8H2,1-2H3,(H,21,22). The number of carboxylic acid groups (broad SMARTS) is 1. The van der Waals surface area contributed by atoms with Gasteiger partial charge in [-0.05, 0) is 18.4 Å². The van der Waals surface area contributed by atoms with Crippen molar-refractivity contribution in [2.45, 2.75) is 51.9 Å². The van der Waals surface area contributed by atoms with E-state index in [1.165, 1.54) is 24.3 Å². The molecule has 142 valence electrons. The fourth-order valence-corrected chi connectivity index (χ4v) is 3.17. The Balaban J connectivity index is 3.52. The first-order valence-corrected chi connectivity index (χ1v) is 8.66. The van der Waals surface area contributed by atoms with E-state index in [9.17, 15) is 25.0 Å². The second-order valence-electron chi connectivity index (χ2n) is 6.11. The zero-order chi connectivity index (χ0) is 19.7. The molecule has 0 fully saturated rings. The van der Waals surface area contributed by atoms with Gasteiger partial charge >= 0.3 is 5.97 Å². The molecule has 8 heteroatoms. The van der Waals surface area contributed by atoms with Crippen LogP contribution in [0, 0.1) is 26.1 Å². The van der Waals surface area contributed by atoms with Gasteiger partial charge in [0.25, 0.3) is 11.4 Å². The van der Waals surface area contributed by atoms with Crippen LogP contribution in [0.3, 0.4) is 0 Å². The number of benzene rings is 1. The number of carboxylic acids is 1. The van der Waals surface area contributed by atoms with Crippen molar-refractivity contribution in [3.63, 3.8) is 0 Å². The van der Waals surface area contributed by atoms with E-state index in [0.29, 0.717) is 12.8 Å². The summed E-state index contributed by atoms with van der Waals surface area (Å²) in [4.78, 5) is 32.6. The van der Waals surface area contributed by atoms with E-state index in [4.69, 9.17) is 5.11 Å². The molecule has 0 radical (unpaired) electrons.